The van der Waals surface area contributed by atoms with Gasteiger partial charge in [-0.25, -0.2) is 8.42 Å². The van der Waals surface area contributed by atoms with Gasteiger partial charge in [0.05, 0.1) is 38.2 Å². The van der Waals surface area contributed by atoms with Crippen LogP contribution in [0.5, 0.6) is 0 Å². The van der Waals surface area contributed by atoms with Crippen LogP contribution in [-0.4, -0.2) is 69.9 Å². The van der Waals surface area contributed by atoms with Crippen LogP contribution >= 0.6 is 0 Å². The zero-order valence-corrected chi connectivity index (χ0v) is 10.9. The van der Waals surface area contributed by atoms with Gasteiger partial charge in [-0.1, -0.05) is 0 Å². The molecule has 0 spiro atoms. The largest absolute Gasteiger partial charge is 0.379 e. The van der Waals surface area contributed by atoms with Crippen LogP contribution in [0.4, 0.5) is 0 Å². The minimum Gasteiger partial charge on any atom is -0.379 e. The smallest absolute Gasteiger partial charge is 0.221 e. The molecule has 7 nitrogen and oxygen atoms in total. The summed E-state index contributed by atoms with van der Waals surface area (Å²) in [4.78, 5) is 11.5. The molecule has 2 aliphatic rings. The lowest BCUT2D eigenvalue weighted by Gasteiger charge is -2.28. The summed E-state index contributed by atoms with van der Waals surface area (Å²) in [6.45, 7) is 2.63. The number of rotatable bonds is 5. The fourth-order valence-corrected chi connectivity index (χ4v) is 3.20. The van der Waals surface area contributed by atoms with Crippen molar-refractivity contribution in [3.8, 4) is 0 Å². The summed E-state index contributed by atoms with van der Waals surface area (Å²) < 4.78 is 35.3. The van der Waals surface area contributed by atoms with Crippen LogP contribution in [0, 0.1) is 0 Å². The SMILES string of the molecule is O=C(CCS(=O)(=O)N1CCOCC1)NC1COC1. The zero-order valence-electron chi connectivity index (χ0n) is 10.1. The molecule has 8 heteroatoms. The van der Waals surface area contributed by atoms with E-state index in [-0.39, 0.29) is 24.1 Å². The van der Waals surface area contributed by atoms with Crippen LogP contribution in [0.1, 0.15) is 6.42 Å². The van der Waals surface area contributed by atoms with Gasteiger partial charge in [0.15, 0.2) is 0 Å². The number of amides is 1. The van der Waals surface area contributed by atoms with Crippen molar-refractivity contribution in [2.75, 3.05) is 45.3 Å². The summed E-state index contributed by atoms with van der Waals surface area (Å²) >= 11 is 0. The van der Waals surface area contributed by atoms with Gasteiger partial charge in [0.1, 0.15) is 0 Å². The van der Waals surface area contributed by atoms with Crippen LogP contribution in [0.2, 0.25) is 0 Å². The topological polar surface area (TPSA) is 84.9 Å². The Morgan fingerprint density at radius 1 is 1.22 bits per heavy atom. The van der Waals surface area contributed by atoms with Gasteiger partial charge in [-0.3, -0.25) is 4.79 Å². The Hall–Kier alpha value is -0.700. The molecule has 0 aromatic rings. The van der Waals surface area contributed by atoms with E-state index in [1.54, 1.807) is 0 Å². The van der Waals surface area contributed by atoms with Gasteiger partial charge in [-0.2, -0.15) is 4.31 Å². The number of sulfonamides is 1. The van der Waals surface area contributed by atoms with Crippen LogP contribution in [0.25, 0.3) is 0 Å². The summed E-state index contributed by atoms with van der Waals surface area (Å²) in [6, 6.07) is 0.0450. The van der Waals surface area contributed by atoms with E-state index in [0.29, 0.717) is 39.5 Å². The van der Waals surface area contributed by atoms with E-state index in [1.807, 2.05) is 0 Å². The van der Waals surface area contributed by atoms with Crippen molar-refractivity contribution in [1.82, 2.24) is 9.62 Å². The maximum Gasteiger partial charge on any atom is 0.221 e. The molecule has 0 bridgehead atoms. The molecule has 2 saturated heterocycles. The standard InChI is InChI=1S/C10H18N2O5S/c13-10(11-9-7-17-8-9)1-6-18(14,15)12-2-4-16-5-3-12/h9H,1-8H2,(H,11,13). The maximum absolute atomic E-state index is 11.9. The first-order valence-electron chi connectivity index (χ1n) is 6.00. The van der Waals surface area contributed by atoms with Crippen LogP contribution in [0.15, 0.2) is 0 Å². The first kappa shape index (κ1) is 13.7. The normalized spacial score (nSPS) is 22.4. The molecule has 2 fully saturated rings. The number of nitrogens with one attached hydrogen (secondary N) is 1. The lowest BCUT2D eigenvalue weighted by molar-refractivity contribution is -0.124. The zero-order chi connectivity index (χ0) is 13.0. The van der Waals surface area contributed by atoms with Crippen LogP contribution in [-0.2, 0) is 24.3 Å². The number of nitrogens with zero attached hydrogens (tertiary/aromatic N) is 1. The molecule has 2 aliphatic heterocycles. The highest BCUT2D eigenvalue weighted by Crippen LogP contribution is 2.07. The number of morpholine rings is 1. The van der Waals surface area contributed by atoms with Gasteiger partial charge in [0, 0.05) is 19.5 Å². The number of hydrogen-bond acceptors (Lipinski definition) is 5. The number of ether oxygens (including phenoxy) is 2. The van der Waals surface area contributed by atoms with E-state index in [2.05, 4.69) is 5.32 Å². The summed E-state index contributed by atoms with van der Waals surface area (Å²) in [5.74, 6) is -0.382. The molecule has 0 saturated carbocycles. The first-order valence-corrected chi connectivity index (χ1v) is 7.61. The van der Waals surface area contributed by atoms with Gasteiger partial charge < -0.3 is 14.8 Å². The maximum atomic E-state index is 11.9. The van der Waals surface area contributed by atoms with Crippen molar-refractivity contribution in [2.45, 2.75) is 12.5 Å². The predicted octanol–water partition coefficient (Wildman–Crippen LogP) is -1.45. The van der Waals surface area contributed by atoms with Crippen LogP contribution in [0.3, 0.4) is 0 Å². The van der Waals surface area contributed by atoms with Crippen molar-refractivity contribution < 1.29 is 22.7 Å². The third-order valence-corrected chi connectivity index (χ3v) is 4.83. The second-order valence-electron chi connectivity index (χ2n) is 4.38. The highest BCUT2D eigenvalue weighted by atomic mass is 32.2. The van der Waals surface area contributed by atoms with Crippen molar-refractivity contribution in [3.63, 3.8) is 0 Å². The molecule has 1 amide bonds. The van der Waals surface area contributed by atoms with E-state index >= 15 is 0 Å². The van der Waals surface area contributed by atoms with Crippen molar-refractivity contribution in [1.29, 1.82) is 0 Å². The Balaban J connectivity index is 1.74. The number of carbonyl (C=O) groups excluding carboxylic acids is 1. The van der Waals surface area contributed by atoms with E-state index in [4.69, 9.17) is 9.47 Å². The monoisotopic (exact) mass is 278 g/mol. The lowest BCUT2D eigenvalue weighted by Crippen LogP contribution is -2.49. The molecule has 1 N–H and O–H groups in total. The van der Waals surface area contributed by atoms with Gasteiger partial charge in [-0.15, -0.1) is 0 Å². The average molecular weight is 278 g/mol. The quantitative estimate of drug-likeness (QED) is 0.665. The molecule has 2 heterocycles. The Kier molecular flexibility index (Phi) is 4.55. The Morgan fingerprint density at radius 2 is 1.89 bits per heavy atom. The second kappa shape index (κ2) is 5.96. The molecule has 0 unspecified atom stereocenters. The molecular formula is C10H18N2O5S. The van der Waals surface area contributed by atoms with E-state index < -0.39 is 10.0 Å². The summed E-state index contributed by atoms with van der Waals surface area (Å²) in [5.41, 5.74) is 0. The molecule has 0 radical (unpaired) electrons. The number of hydrogen-bond donors (Lipinski definition) is 1. The van der Waals surface area contributed by atoms with Gasteiger partial charge in [0.2, 0.25) is 15.9 Å². The van der Waals surface area contributed by atoms with E-state index in [0.717, 1.165) is 0 Å². The van der Waals surface area contributed by atoms with Crippen molar-refractivity contribution in [3.05, 3.63) is 0 Å². The predicted molar refractivity (Wildman–Crippen MR) is 63.5 cm³/mol. The van der Waals surface area contributed by atoms with Gasteiger partial charge >= 0.3 is 0 Å². The highest BCUT2D eigenvalue weighted by Gasteiger charge is 2.26. The Labute approximate surface area is 106 Å². The minimum atomic E-state index is -3.34. The molecule has 104 valence electrons. The summed E-state index contributed by atoms with van der Waals surface area (Å²) in [6.07, 6.45) is -0.00378. The van der Waals surface area contributed by atoms with Crippen LogP contribution < -0.4 is 5.32 Å². The average Bonchev–Trinajstić information content (AvgIpc) is 2.33. The van der Waals surface area contributed by atoms with Crippen molar-refractivity contribution in [2.24, 2.45) is 0 Å². The third kappa shape index (κ3) is 3.64. The van der Waals surface area contributed by atoms with E-state index in [1.165, 1.54) is 4.31 Å². The first-order chi connectivity index (χ1) is 8.58. The third-order valence-electron chi connectivity index (χ3n) is 2.95. The fourth-order valence-electron chi connectivity index (χ4n) is 1.79. The van der Waals surface area contributed by atoms with Crippen molar-refractivity contribution >= 4 is 15.9 Å². The molecule has 18 heavy (non-hydrogen) atoms. The molecular weight excluding hydrogens is 260 g/mol. The molecule has 0 atom stereocenters. The summed E-state index contributed by atoms with van der Waals surface area (Å²) in [7, 11) is -3.34. The molecule has 2 rings (SSSR count). The Bertz CT molecular complexity index is 387. The summed E-state index contributed by atoms with van der Waals surface area (Å²) in [5, 5.41) is 2.72. The highest BCUT2D eigenvalue weighted by molar-refractivity contribution is 7.89. The minimum absolute atomic E-state index is 0.00378. The van der Waals surface area contributed by atoms with Gasteiger partial charge in [-0.05, 0) is 0 Å². The fraction of sp³-hybridized carbons (Fsp3) is 0.900. The van der Waals surface area contributed by atoms with E-state index in [9.17, 15) is 13.2 Å². The van der Waals surface area contributed by atoms with Gasteiger partial charge in [0.25, 0.3) is 0 Å². The molecule has 0 aromatic carbocycles. The molecule has 0 aromatic heterocycles. The lowest BCUT2D eigenvalue weighted by atomic mass is 10.2. The second-order valence-corrected chi connectivity index (χ2v) is 6.47. The Morgan fingerprint density at radius 3 is 2.44 bits per heavy atom. The number of carbonyl (C=O) groups is 1. The molecule has 0 aliphatic carbocycles.